The minimum absolute atomic E-state index is 0.114. The maximum absolute atomic E-state index is 13.2. The SMILES string of the molecule is O=C1CCC(N2C(=O)c3ccc(CN4CCC(N5CCN(C(c6ccccc6)c6ccccc6)CC5)CC4)cc3C2=O)C(=O)N1. The molecule has 1 N–H and O–H groups in total. The highest BCUT2D eigenvalue weighted by molar-refractivity contribution is 6.23. The molecule has 0 radical (unpaired) electrons. The molecule has 9 nitrogen and oxygen atoms in total. The maximum Gasteiger partial charge on any atom is 0.262 e. The van der Waals surface area contributed by atoms with Crippen LogP contribution in [0.1, 0.15) is 69.1 Å². The third kappa shape index (κ3) is 5.95. The summed E-state index contributed by atoms with van der Waals surface area (Å²) in [5.74, 6) is -1.87. The van der Waals surface area contributed by atoms with Gasteiger partial charge in [0.05, 0.1) is 17.2 Å². The van der Waals surface area contributed by atoms with Gasteiger partial charge in [-0.05, 0) is 61.2 Å². The largest absolute Gasteiger partial charge is 0.299 e. The molecule has 4 heterocycles. The molecule has 3 aromatic carbocycles. The number of rotatable bonds is 7. The molecule has 3 aromatic rings. The highest BCUT2D eigenvalue weighted by atomic mass is 16.2. The Kier molecular flexibility index (Phi) is 8.31. The number of imide groups is 2. The van der Waals surface area contributed by atoms with Gasteiger partial charge in [0.25, 0.3) is 11.8 Å². The van der Waals surface area contributed by atoms with Crippen LogP contribution in [0.4, 0.5) is 0 Å². The van der Waals surface area contributed by atoms with Crippen molar-refractivity contribution in [3.8, 4) is 0 Å². The molecule has 4 aliphatic rings. The predicted molar refractivity (Wildman–Crippen MR) is 169 cm³/mol. The van der Waals surface area contributed by atoms with Crippen molar-refractivity contribution < 1.29 is 19.2 Å². The third-order valence-electron chi connectivity index (χ3n) is 9.93. The minimum atomic E-state index is -0.943. The van der Waals surface area contributed by atoms with Crippen molar-refractivity contribution in [3.63, 3.8) is 0 Å². The summed E-state index contributed by atoms with van der Waals surface area (Å²) in [6.45, 7) is 6.86. The second-order valence-electron chi connectivity index (χ2n) is 12.6. The number of fused-ring (bicyclic) bond motifs is 1. The van der Waals surface area contributed by atoms with Gasteiger partial charge < -0.3 is 0 Å². The first-order valence-corrected chi connectivity index (χ1v) is 16.1. The van der Waals surface area contributed by atoms with Crippen molar-refractivity contribution in [3.05, 3.63) is 107 Å². The number of likely N-dealkylation sites (tertiary alicyclic amines) is 1. The van der Waals surface area contributed by atoms with Crippen molar-refractivity contribution in [2.75, 3.05) is 39.3 Å². The Bertz CT molecular complexity index is 1540. The molecule has 7 rings (SSSR count). The van der Waals surface area contributed by atoms with Crippen molar-refractivity contribution in [1.82, 2.24) is 24.9 Å². The first kappa shape index (κ1) is 29.5. The second-order valence-corrected chi connectivity index (χ2v) is 12.6. The molecule has 0 spiro atoms. The predicted octanol–water partition coefficient (Wildman–Crippen LogP) is 3.46. The van der Waals surface area contributed by atoms with Crippen molar-refractivity contribution in [1.29, 1.82) is 0 Å². The van der Waals surface area contributed by atoms with Crippen LogP contribution in [-0.4, -0.2) is 94.6 Å². The van der Waals surface area contributed by atoms with Crippen LogP contribution >= 0.6 is 0 Å². The first-order chi connectivity index (χ1) is 22.0. The summed E-state index contributed by atoms with van der Waals surface area (Å²) >= 11 is 0. The van der Waals surface area contributed by atoms with E-state index in [1.165, 1.54) is 11.1 Å². The van der Waals surface area contributed by atoms with Crippen LogP contribution in [0.5, 0.6) is 0 Å². The molecule has 3 fully saturated rings. The van der Waals surface area contributed by atoms with Gasteiger partial charge in [-0.25, -0.2) is 0 Å². The summed E-state index contributed by atoms with van der Waals surface area (Å²) in [5, 5.41) is 2.25. The van der Waals surface area contributed by atoms with E-state index in [0.717, 1.165) is 62.6 Å². The molecular weight excluding hydrogens is 566 g/mol. The molecule has 45 heavy (non-hydrogen) atoms. The van der Waals surface area contributed by atoms with E-state index in [0.29, 0.717) is 23.7 Å². The summed E-state index contributed by atoms with van der Waals surface area (Å²) in [7, 11) is 0. The van der Waals surface area contributed by atoms with Gasteiger partial charge in [-0.1, -0.05) is 66.7 Å². The van der Waals surface area contributed by atoms with E-state index in [2.05, 4.69) is 80.7 Å². The van der Waals surface area contributed by atoms with E-state index in [1.807, 2.05) is 12.1 Å². The fourth-order valence-corrected chi connectivity index (χ4v) is 7.56. The molecule has 0 saturated carbocycles. The number of piperazine rings is 1. The van der Waals surface area contributed by atoms with E-state index >= 15 is 0 Å². The van der Waals surface area contributed by atoms with Crippen LogP contribution in [0.2, 0.25) is 0 Å². The summed E-state index contributed by atoms with van der Waals surface area (Å²) in [5.41, 5.74) is 4.34. The average molecular weight is 606 g/mol. The van der Waals surface area contributed by atoms with Gasteiger partial charge in [0.2, 0.25) is 11.8 Å². The number of amides is 4. The van der Waals surface area contributed by atoms with Gasteiger partial charge in [0, 0.05) is 45.2 Å². The van der Waals surface area contributed by atoms with E-state index in [1.54, 1.807) is 6.07 Å². The van der Waals surface area contributed by atoms with E-state index in [9.17, 15) is 19.2 Å². The van der Waals surface area contributed by atoms with Crippen LogP contribution < -0.4 is 5.32 Å². The first-order valence-electron chi connectivity index (χ1n) is 16.1. The number of carbonyl (C=O) groups is 4. The zero-order valence-electron chi connectivity index (χ0n) is 25.4. The summed E-state index contributed by atoms with van der Waals surface area (Å²) in [6, 6.07) is 27.0. The monoisotopic (exact) mass is 605 g/mol. The lowest BCUT2D eigenvalue weighted by atomic mass is 9.95. The number of piperidine rings is 2. The topological polar surface area (TPSA) is 93.3 Å². The molecule has 4 amide bonds. The molecular formula is C36H39N5O4. The number of nitrogens with one attached hydrogen (secondary N) is 1. The minimum Gasteiger partial charge on any atom is -0.299 e. The van der Waals surface area contributed by atoms with Crippen LogP contribution in [0.3, 0.4) is 0 Å². The standard InChI is InChI=1S/C36H39N5O4/c42-32-14-13-31(34(43)37-32)41-35(44)29-12-11-25(23-30(29)36(41)45)24-38-17-15-28(16-18-38)39-19-21-40(22-20-39)33(26-7-3-1-4-8-26)27-9-5-2-6-10-27/h1-12,23,28,31,33H,13-22,24H2,(H,37,42,43). The number of hydrogen-bond acceptors (Lipinski definition) is 7. The average Bonchev–Trinajstić information content (AvgIpc) is 3.31. The molecule has 9 heteroatoms. The summed E-state index contributed by atoms with van der Waals surface area (Å²) < 4.78 is 0. The highest BCUT2D eigenvalue weighted by Gasteiger charge is 2.44. The molecule has 1 unspecified atom stereocenters. The van der Waals surface area contributed by atoms with Crippen molar-refractivity contribution >= 4 is 23.6 Å². The van der Waals surface area contributed by atoms with Gasteiger partial charge in [0.15, 0.2) is 0 Å². The summed E-state index contributed by atoms with van der Waals surface area (Å²) in [6.07, 6.45) is 2.48. The van der Waals surface area contributed by atoms with Gasteiger partial charge in [-0.2, -0.15) is 0 Å². The van der Waals surface area contributed by atoms with Crippen LogP contribution in [0.25, 0.3) is 0 Å². The Labute approximate surface area is 263 Å². The fraction of sp³-hybridized carbons (Fsp3) is 0.389. The number of nitrogens with zero attached hydrogens (tertiary/aromatic N) is 4. The number of benzene rings is 3. The zero-order chi connectivity index (χ0) is 30.9. The number of hydrogen-bond donors (Lipinski definition) is 1. The molecule has 1 atom stereocenters. The van der Waals surface area contributed by atoms with Crippen LogP contribution in [-0.2, 0) is 16.1 Å². The van der Waals surface area contributed by atoms with E-state index in [4.69, 9.17) is 0 Å². The molecule has 3 saturated heterocycles. The lowest BCUT2D eigenvalue weighted by Gasteiger charge is -2.45. The van der Waals surface area contributed by atoms with Crippen molar-refractivity contribution in [2.45, 2.75) is 50.4 Å². The molecule has 0 aromatic heterocycles. The van der Waals surface area contributed by atoms with E-state index in [-0.39, 0.29) is 24.8 Å². The smallest absolute Gasteiger partial charge is 0.262 e. The normalized spacial score (nSPS) is 22.2. The second kappa shape index (κ2) is 12.7. The quantitative estimate of drug-likeness (QED) is 0.413. The molecule has 0 aliphatic carbocycles. The maximum atomic E-state index is 13.2. The van der Waals surface area contributed by atoms with Crippen LogP contribution in [0, 0.1) is 0 Å². The highest BCUT2D eigenvalue weighted by Crippen LogP contribution is 2.32. The fourth-order valence-electron chi connectivity index (χ4n) is 7.56. The molecule has 0 bridgehead atoms. The summed E-state index contributed by atoms with van der Waals surface area (Å²) in [4.78, 5) is 59.0. The Balaban J connectivity index is 0.936. The zero-order valence-corrected chi connectivity index (χ0v) is 25.4. The molecule has 4 aliphatic heterocycles. The Morgan fingerprint density at radius 3 is 1.93 bits per heavy atom. The van der Waals surface area contributed by atoms with Crippen molar-refractivity contribution in [2.24, 2.45) is 0 Å². The van der Waals surface area contributed by atoms with Crippen LogP contribution in [0.15, 0.2) is 78.9 Å². The van der Waals surface area contributed by atoms with Gasteiger partial charge in [0.1, 0.15) is 6.04 Å². The van der Waals surface area contributed by atoms with Gasteiger partial charge in [-0.15, -0.1) is 0 Å². The lowest BCUT2D eigenvalue weighted by Crippen LogP contribution is -2.54. The Morgan fingerprint density at radius 1 is 0.689 bits per heavy atom. The lowest BCUT2D eigenvalue weighted by molar-refractivity contribution is -0.136. The number of carbonyl (C=O) groups excluding carboxylic acids is 4. The Morgan fingerprint density at radius 2 is 1.31 bits per heavy atom. The van der Waals surface area contributed by atoms with E-state index < -0.39 is 23.8 Å². The van der Waals surface area contributed by atoms with Gasteiger partial charge >= 0.3 is 0 Å². The Hall–Kier alpha value is -4.18. The molecule has 232 valence electrons. The third-order valence-corrected chi connectivity index (χ3v) is 9.93. The van der Waals surface area contributed by atoms with Gasteiger partial charge in [-0.3, -0.25) is 44.1 Å².